The smallest absolute Gasteiger partial charge is 0.227 e. The zero-order valence-corrected chi connectivity index (χ0v) is 12.4. The highest BCUT2D eigenvalue weighted by Crippen LogP contribution is 2.29. The fourth-order valence-corrected chi connectivity index (χ4v) is 2.07. The van der Waals surface area contributed by atoms with Gasteiger partial charge in [-0.3, -0.25) is 4.98 Å². The van der Waals surface area contributed by atoms with Gasteiger partial charge in [0.25, 0.3) is 0 Å². The van der Waals surface area contributed by atoms with Gasteiger partial charge in [0.05, 0.1) is 11.3 Å². The number of nitrogens with zero attached hydrogens (tertiary/aromatic N) is 3. The Labute approximate surface area is 119 Å². The van der Waals surface area contributed by atoms with Gasteiger partial charge in [-0.25, -0.2) is 9.97 Å². The van der Waals surface area contributed by atoms with Crippen LogP contribution in [-0.2, 0) is 12.8 Å². The molecule has 2 aromatic heterocycles. The van der Waals surface area contributed by atoms with Crippen molar-refractivity contribution in [3.8, 4) is 11.6 Å². The Morgan fingerprint density at radius 3 is 2.60 bits per heavy atom. The fraction of sp³-hybridized carbons (Fsp3) is 0.400. The van der Waals surface area contributed by atoms with Crippen LogP contribution in [0.5, 0.6) is 11.6 Å². The molecule has 2 rings (SSSR count). The van der Waals surface area contributed by atoms with Crippen molar-refractivity contribution in [3.63, 3.8) is 0 Å². The zero-order chi connectivity index (χ0) is 14.5. The predicted molar refractivity (Wildman–Crippen MR) is 79.4 cm³/mol. The highest BCUT2D eigenvalue weighted by molar-refractivity contribution is 5.49. The van der Waals surface area contributed by atoms with Gasteiger partial charge in [0, 0.05) is 12.7 Å². The average molecular weight is 272 g/mol. The van der Waals surface area contributed by atoms with Gasteiger partial charge in [-0.15, -0.1) is 0 Å². The van der Waals surface area contributed by atoms with Crippen molar-refractivity contribution in [3.05, 3.63) is 35.4 Å². The molecule has 106 valence electrons. The topological polar surface area (TPSA) is 59.9 Å². The van der Waals surface area contributed by atoms with Gasteiger partial charge < -0.3 is 10.1 Å². The minimum Gasteiger partial charge on any atom is -0.437 e. The van der Waals surface area contributed by atoms with Crippen molar-refractivity contribution in [2.24, 2.45) is 0 Å². The maximum Gasteiger partial charge on any atom is 0.227 e. The maximum absolute atomic E-state index is 5.97. The van der Waals surface area contributed by atoms with Crippen LogP contribution in [0.15, 0.2) is 18.5 Å². The molecule has 0 aliphatic rings. The lowest BCUT2D eigenvalue weighted by molar-refractivity contribution is 0.447. The van der Waals surface area contributed by atoms with Crippen LogP contribution in [-0.4, -0.2) is 22.0 Å². The van der Waals surface area contributed by atoms with E-state index in [1.807, 2.05) is 26.1 Å². The minimum absolute atomic E-state index is 0.590. The molecule has 0 saturated carbocycles. The predicted octanol–water partition coefficient (Wildman–Crippen LogP) is 3.14. The molecule has 0 saturated heterocycles. The molecule has 0 bridgehead atoms. The summed E-state index contributed by atoms with van der Waals surface area (Å²) in [5.74, 6) is 2.15. The number of nitrogens with one attached hydrogen (secondary N) is 1. The summed E-state index contributed by atoms with van der Waals surface area (Å²) in [7, 11) is 1.84. The molecule has 20 heavy (non-hydrogen) atoms. The summed E-state index contributed by atoms with van der Waals surface area (Å²) in [6.07, 6.45) is 3.13. The van der Waals surface area contributed by atoms with Gasteiger partial charge in [0.2, 0.25) is 5.88 Å². The molecule has 0 fully saturated rings. The van der Waals surface area contributed by atoms with Crippen LogP contribution in [0.1, 0.15) is 30.8 Å². The van der Waals surface area contributed by atoms with Crippen LogP contribution in [0.2, 0.25) is 0 Å². The Balaban J connectivity index is 2.39. The second kappa shape index (κ2) is 6.32. The Kier molecular flexibility index (Phi) is 4.50. The van der Waals surface area contributed by atoms with Crippen molar-refractivity contribution >= 4 is 5.82 Å². The number of ether oxygens (including phenoxy) is 1. The van der Waals surface area contributed by atoms with Gasteiger partial charge in [-0.05, 0) is 31.9 Å². The first-order valence-corrected chi connectivity index (χ1v) is 6.85. The number of pyridine rings is 1. The van der Waals surface area contributed by atoms with Crippen LogP contribution in [0.25, 0.3) is 0 Å². The monoisotopic (exact) mass is 272 g/mol. The van der Waals surface area contributed by atoms with E-state index in [4.69, 9.17) is 4.74 Å². The normalized spacial score (nSPS) is 10.4. The third-order valence-corrected chi connectivity index (χ3v) is 3.11. The van der Waals surface area contributed by atoms with E-state index in [-0.39, 0.29) is 0 Å². The molecule has 1 N–H and O–H groups in total. The molecule has 0 radical (unpaired) electrons. The third kappa shape index (κ3) is 2.87. The van der Waals surface area contributed by atoms with Crippen molar-refractivity contribution in [2.75, 3.05) is 12.4 Å². The van der Waals surface area contributed by atoms with Crippen LogP contribution < -0.4 is 10.1 Å². The van der Waals surface area contributed by atoms with Gasteiger partial charge in [-0.1, -0.05) is 13.8 Å². The highest BCUT2D eigenvalue weighted by atomic mass is 16.5. The Hall–Kier alpha value is -2.17. The van der Waals surface area contributed by atoms with E-state index < -0.39 is 0 Å². The van der Waals surface area contributed by atoms with Gasteiger partial charge in [0.1, 0.15) is 12.1 Å². The van der Waals surface area contributed by atoms with E-state index >= 15 is 0 Å². The second-order valence-electron chi connectivity index (χ2n) is 4.46. The van der Waals surface area contributed by atoms with E-state index in [1.165, 1.54) is 6.33 Å². The summed E-state index contributed by atoms with van der Waals surface area (Å²) in [4.78, 5) is 13.0. The van der Waals surface area contributed by atoms with Crippen molar-refractivity contribution in [2.45, 2.75) is 33.6 Å². The highest BCUT2D eigenvalue weighted by Gasteiger charge is 2.13. The molecule has 5 heteroatoms. The van der Waals surface area contributed by atoms with E-state index in [9.17, 15) is 0 Å². The maximum atomic E-state index is 5.97. The second-order valence-corrected chi connectivity index (χ2v) is 4.46. The van der Waals surface area contributed by atoms with Gasteiger partial charge in [-0.2, -0.15) is 0 Å². The van der Waals surface area contributed by atoms with Crippen LogP contribution in [0, 0.1) is 6.92 Å². The van der Waals surface area contributed by atoms with Crippen molar-refractivity contribution in [1.82, 2.24) is 15.0 Å². The molecule has 0 aromatic carbocycles. The molecular weight excluding hydrogens is 252 g/mol. The molecule has 2 aromatic rings. The molecular formula is C15H20N4O. The summed E-state index contributed by atoms with van der Waals surface area (Å²) >= 11 is 0. The van der Waals surface area contributed by atoms with E-state index in [0.29, 0.717) is 5.88 Å². The quantitative estimate of drug-likeness (QED) is 0.906. The van der Waals surface area contributed by atoms with Crippen LogP contribution in [0.4, 0.5) is 5.82 Å². The van der Waals surface area contributed by atoms with Gasteiger partial charge in [0.15, 0.2) is 5.75 Å². The summed E-state index contributed by atoms with van der Waals surface area (Å²) in [5, 5.41) is 3.06. The Morgan fingerprint density at radius 1 is 1.15 bits per heavy atom. The first kappa shape index (κ1) is 14.2. The number of hydrogen-bond acceptors (Lipinski definition) is 5. The molecule has 0 spiro atoms. The lowest BCUT2D eigenvalue weighted by atomic mass is 10.2. The van der Waals surface area contributed by atoms with Crippen LogP contribution in [0.3, 0.4) is 0 Å². The average Bonchev–Trinajstić information content (AvgIpc) is 2.48. The molecule has 0 unspecified atom stereocenters. The Bertz CT molecular complexity index is 598. The number of aryl methyl sites for hydroxylation is 2. The Morgan fingerprint density at radius 2 is 1.95 bits per heavy atom. The molecule has 0 aliphatic carbocycles. The fourth-order valence-electron chi connectivity index (χ4n) is 2.07. The number of hydrogen-bond donors (Lipinski definition) is 1. The number of rotatable bonds is 5. The first-order valence-electron chi connectivity index (χ1n) is 6.85. The van der Waals surface area contributed by atoms with Crippen LogP contribution >= 0.6 is 0 Å². The molecule has 0 amide bonds. The summed E-state index contributed by atoms with van der Waals surface area (Å²) < 4.78 is 5.97. The van der Waals surface area contributed by atoms with E-state index in [2.05, 4.69) is 34.1 Å². The number of anilines is 1. The lowest BCUT2D eigenvalue weighted by Crippen LogP contribution is -2.04. The molecule has 0 atom stereocenters. The van der Waals surface area contributed by atoms with Crippen molar-refractivity contribution in [1.29, 1.82) is 0 Å². The standard InChI is InChI=1S/C15H20N4O/c1-5-11-14(16-4)17-9-18-15(11)20-13-8-7-10(3)19-12(13)6-2/h7-9H,5-6H2,1-4H3,(H,16,17,18). The first-order chi connectivity index (χ1) is 9.69. The number of aromatic nitrogens is 3. The van der Waals surface area contributed by atoms with Gasteiger partial charge >= 0.3 is 0 Å². The summed E-state index contributed by atoms with van der Waals surface area (Å²) in [6.45, 7) is 6.10. The zero-order valence-electron chi connectivity index (χ0n) is 12.4. The van der Waals surface area contributed by atoms with Crippen molar-refractivity contribution < 1.29 is 4.74 Å². The SMILES string of the molecule is CCc1nc(C)ccc1Oc1ncnc(NC)c1CC. The molecule has 0 aliphatic heterocycles. The lowest BCUT2D eigenvalue weighted by Gasteiger charge is -2.13. The molecule has 2 heterocycles. The minimum atomic E-state index is 0.590. The van der Waals surface area contributed by atoms with E-state index in [0.717, 1.165) is 41.4 Å². The largest absolute Gasteiger partial charge is 0.437 e. The third-order valence-electron chi connectivity index (χ3n) is 3.11. The summed E-state index contributed by atoms with van der Waals surface area (Å²) in [6, 6.07) is 3.89. The van der Waals surface area contributed by atoms with E-state index in [1.54, 1.807) is 0 Å². The summed E-state index contributed by atoms with van der Waals surface area (Å²) in [5.41, 5.74) is 2.90. The molecule has 5 nitrogen and oxygen atoms in total.